The van der Waals surface area contributed by atoms with Gasteiger partial charge in [0.25, 0.3) is 11.7 Å². The minimum Gasteiger partial charge on any atom is -0.481 e. The van der Waals surface area contributed by atoms with Crippen molar-refractivity contribution in [3.05, 3.63) is 36.0 Å². The van der Waals surface area contributed by atoms with E-state index in [1.165, 1.54) is 14.2 Å². The van der Waals surface area contributed by atoms with Crippen molar-refractivity contribution in [1.82, 2.24) is 4.90 Å². The minimum absolute atomic E-state index is 0.0162. The lowest BCUT2D eigenvalue weighted by Gasteiger charge is -2.47. The zero-order chi connectivity index (χ0) is 50.3. The van der Waals surface area contributed by atoms with Crippen molar-refractivity contribution in [2.24, 2.45) is 29.6 Å². The van der Waals surface area contributed by atoms with Crippen LogP contribution in [0.4, 0.5) is 0 Å². The van der Waals surface area contributed by atoms with Gasteiger partial charge in [0.05, 0.1) is 24.4 Å². The molecule has 0 aromatic heterocycles. The molecule has 16 nitrogen and oxygen atoms in total. The molecule has 3 heterocycles. The Hall–Kier alpha value is -3.80. The van der Waals surface area contributed by atoms with Gasteiger partial charge in [-0.05, 0) is 108 Å². The molecular formula is C52H81NO15. The molecule has 0 aromatic rings. The fraction of sp³-hybridized carbons (Fsp3) is 0.769. The number of unbranched alkanes of at least 4 members (excludes halogenated alkanes) is 3. The summed E-state index contributed by atoms with van der Waals surface area (Å²) in [5, 5.41) is 32.8. The number of rotatable bonds is 15. The number of aliphatic carboxylic acids is 1. The van der Waals surface area contributed by atoms with Crippen LogP contribution in [0.5, 0.6) is 0 Å². The van der Waals surface area contributed by atoms with E-state index in [0.29, 0.717) is 76.2 Å². The molecule has 3 fully saturated rings. The third kappa shape index (κ3) is 15.3. The number of carbonyl (C=O) groups is 6. The molecule has 3 aliphatic heterocycles. The maximum absolute atomic E-state index is 14.5. The number of carboxylic acids is 1. The summed E-state index contributed by atoms with van der Waals surface area (Å²) in [6.07, 6.45) is 7.29. The second-order valence-corrected chi connectivity index (χ2v) is 20.0. The van der Waals surface area contributed by atoms with Crippen molar-refractivity contribution < 1.29 is 72.5 Å². The monoisotopic (exact) mass is 960 g/mol. The second kappa shape index (κ2) is 27.0. The van der Waals surface area contributed by atoms with Gasteiger partial charge in [-0.15, -0.1) is 6.58 Å². The molecule has 0 aromatic carbocycles. The van der Waals surface area contributed by atoms with Crippen LogP contribution in [0, 0.1) is 29.6 Å². The third-order valence-electron chi connectivity index (χ3n) is 14.7. The lowest BCUT2D eigenvalue weighted by molar-refractivity contribution is -0.302. The molecule has 0 radical (unpaired) electrons. The van der Waals surface area contributed by atoms with E-state index in [1.54, 1.807) is 34.0 Å². The average Bonchev–Trinajstić information content (AvgIpc) is 3.30. The Balaban J connectivity index is 1.66. The first-order valence-electron chi connectivity index (χ1n) is 24.9. The molecule has 4 aliphatic rings. The molecule has 68 heavy (non-hydrogen) atoms. The van der Waals surface area contributed by atoms with E-state index in [0.717, 1.165) is 16.9 Å². The quantitative estimate of drug-likeness (QED) is 0.0680. The average molecular weight is 960 g/mol. The summed E-state index contributed by atoms with van der Waals surface area (Å²) in [7, 11) is 4.59. The highest BCUT2D eigenvalue weighted by Gasteiger charge is 2.56. The molecular weight excluding hydrogens is 879 g/mol. The van der Waals surface area contributed by atoms with Gasteiger partial charge in [0, 0.05) is 64.9 Å². The fourth-order valence-corrected chi connectivity index (χ4v) is 10.7. The number of carboxylic acid groups (broad SMARTS) is 1. The predicted molar refractivity (Wildman–Crippen MR) is 252 cm³/mol. The standard InChI is InChI=1S/C52H81NO15/c1-10-17-37-25-31(2)24-32(3)26-43(64-8)48-44(65-9)28-34(5)52(62,68-48)49(59)50(60)53-23-16-15-18-38(53)51(61)67-47(35(6)39(54)30-40(37)55)33(4)27-36-21-22-41(42(29-36)63-7)66-46(58)20-14-12-11-13-19-45(56)57/h10,25,27,32,34-39,41-44,47-48,54,62H,1,11-24,26,28-30H2,2-9H3,(H,56,57)/b31-25-,33-27+. The highest BCUT2D eigenvalue weighted by Crippen LogP contribution is 2.39. The van der Waals surface area contributed by atoms with Gasteiger partial charge in [0.1, 0.15) is 30.1 Å². The van der Waals surface area contributed by atoms with Gasteiger partial charge >= 0.3 is 17.9 Å². The lowest BCUT2D eigenvalue weighted by atomic mass is 9.81. The zero-order valence-corrected chi connectivity index (χ0v) is 41.9. The Morgan fingerprint density at radius 3 is 2.19 bits per heavy atom. The van der Waals surface area contributed by atoms with Crippen LogP contribution in [-0.4, -0.2) is 138 Å². The van der Waals surface area contributed by atoms with Crippen molar-refractivity contribution >= 4 is 35.4 Å². The molecule has 14 atom stereocenters. The van der Waals surface area contributed by atoms with Crippen LogP contribution in [0.3, 0.4) is 0 Å². The van der Waals surface area contributed by atoms with Gasteiger partial charge in [-0.3, -0.25) is 24.0 Å². The van der Waals surface area contributed by atoms with Gasteiger partial charge in [-0.1, -0.05) is 57.4 Å². The number of amides is 1. The number of aliphatic hydroxyl groups is 2. The number of nitrogens with zero attached hydrogens (tertiary/aromatic N) is 1. The number of ether oxygens (including phenoxy) is 6. The van der Waals surface area contributed by atoms with Crippen molar-refractivity contribution in [3.63, 3.8) is 0 Å². The molecule has 1 aliphatic carbocycles. The molecule has 2 saturated heterocycles. The van der Waals surface area contributed by atoms with Gasteiger partial charge in [-0.25, -0.2) is 4.79 Å². The summed E-state index contributed by atoms with van der Waals surface area (Å²) < 4.78 is 36.0. The summed E-state index contributed by atoms with van der Waals surface area (Å²) in [6, 6.07) is -1.19. The Morgan fingerprint density at radius 1 is 0.882 bits per heavy atom. The first-order valence-corrected chi connectivity index (χ1v) is 24.9. The molecule has 3 N–H and O–H groups in total. The predicted octanol–water partition coefficient (Wildman–Crippen LogP) is 6.62. The lowest BCUT2D eigenvalue weighted by Crippen LogP contribution is -2.64. The SMILES string of the molecule is C=CCC1/C=C(/C)CC(C)CC(OC)C2OC(O)(C(=O)C(=O)N3CCCCC3C(=O)OC(/C(C)=C/C3CCC(OC(=O)CCCCCCC(=O)O)C(OC)C3)C(C)C(O)CC1=O)C(C)CC2OC. The van der Waals surface area contributed by atoms with E-state index < -0.39 is 95.9 Å². The number of methoxy groups -OCH3 is 3. The number of cyclic esters (lactones) is 1. The van der Waals surface area contributed by atoms with Crippen LogP contribution < -0.4 is 0 Å². The number of hydrogen-bond acceptors (Lipinski definition) is 14. The maximum atomic E-state index is 14.5. The number of piperidine rings is 1. The van der Waals surface area contributed by atoms with Crippen LogP contribution in [0.25, 0.3) is 0 Å². The van der Waals surface area contributed by atoms with Crippen LogP contribution >= 0.6 is 0 Å². The number of carbonyl (C=O) groups excluding carboxylic acids is 5. The smallest absolute Gasteiger partial charge is 0.329 e. The fourth-order valence-electron chi connectivity index (χ4n) is 10.7. The van der Waals surface area contributed by atoms with Gasteiger partial charge in [0.15, 0.2) is 0 Å². The molecule has 0 spiro atoms. The molecule has 1 amide bonds. The number of Topliss-reactive ketones (excluding diaryl/α,β-unsaturated/α-hetero) is 2. The van der Waals surface area contributed by atoms with E-state index in [1.807, 2.05) is 26.0 Å². The first kappa shape index (κ1) is 56.8. The summed E-state index contributed by atoms with van der Waals surface area (Å²) in [5.74, 6) is -9.32. The number of esters is 2. The highest BCUT2D eigenvalue weighted by molar-refractivity contribution is 6.39. The summed E-state index contributed by atoms with van der Waals surface area (Å²) >= 11 is 0. The van der Waals surface area contributed by atoms with Crippen molar-refractivity contribution in [2.75, 3.05) is 27.9 Å². The second-order valence-electron chi connectivity index (χ2n) is 20.0. The van der Waals surface area contributed by atoms with Crippen LogP contribution in [0.1, 0.15) is 144 Å². The maximum Gasteiger partial charge on any atom is 0.329 e. The van der Waals surface area contributed by atoms with Crippen molar-refractivity contribution in [2.45, 2.75) is 198 Å². The summed E-state index contributed by atoms with van der Waals surface area (Å²) in [4.78, 5) is 82.1. The van der Waals surface area contributed by atoms with Crippen LogP contribution in [0.15, 0.2) is 36.0 Å². The molecule has 2 bridgehead atoms. The molecule has 4 rings (SSSR count). The summed E-state index contributed by atoms with van der Waals surface area (Å²) in [5.41, 5.74) is 1.54. The molecule has 384 valence electrons. The largest absolute Gasteiger partial charge is 0.481 e. The Bertz CT molecular complexity index is 1800. The number of aliphatic hydroxyl groups excluding tert-OH is 1. The van der Waals surface area contributed by atoms with Gasteiger partial charge in [0.2, 0.25) is 5.79 Å². The molecule has 1 saturated carbocycles. The molecule has 16 heteroatoms. The number of ketones is 2. The normalized spacial score (nSPS) is 36.1. The van der Waals surface area contributed by atoms with E-state index in [4.69, 9.17) is 33.5 Å². The Labute approximate surface area is 403 Å². The number of allylic oxidation sites excluding steroid dienone is 4. The Morgan fingerprint density at radius 2 is 1.54 bits per heavy atom. The Kier molecular flexibility index (Phi) is 22.5. The van der Waals surface area contributed by atoms with E-state index in [9.17, 15) is 39.0 Å². The van der Waals surface area contributed by atoms with Gasteiger partial charge < -0.3 is 48.6 Å². The van der Waals surface area contributed by atoms with Crippen LogP contribution in [0.2, 0.25) is 0 Å². The van der Waals surface area contributed by atoms with E-state index in [2.05, 4.69) is 6.58 Å². The number of fused-ring (bicyclic) bond motifs is 3. The summed E-state index contributed by atoms with van der Waals surface area (Å²) in [6.45, 7) is 13.0. The first-order chi connectivity index (χ1) is 32.3. The van der Waals surface area contributed by atoms with Crippen molar-refractivity contribution in [3.8, 4) is 0 Å². The van der Waals surface area contributed by atoms with E-state index in [-0.39, 0.29) is 62.2 Å². The topological polar surface area (TPSA) is 222 Å². The zero-order valence-electron chi connectivity index (χ0n) is 41.9. The van der Waals surface area contributed by atoms with Crippen LogP contribution in [-0.2, 0) is 57.2 Å². The number of hydrogen-bond donors (Lipinski definition) is 3. The molecule has 14 unspecified atom stereocenters. The minimum atomic E-state index is -2.54. The third-order valence-corrected chi connectivity index (χ3v) is 14.7. The van der Waals surface area contributed by atoms with Crippen molar-refractivity contribution in [1.29, 1.82) is 0 Å². The van der Waals surface area contributed by atoms with E-state index >= 15 is 0 Å². The highest BCUT2D eigenvalue weighted by atomic mass is 16.7. The van der Waals surface area contributed by atoms with Gasteiger partial charge in [-0.2, -0.15) is 0 Å².